The van der Waals surface area contributed by atoms with Crippen LogP contribution in [-0.4, -0.2) is 36.0 Å². The first-order chi connectivity index (χ1) is 7.34. The number of hydrogen-bond acceptors (Lipinski definition) is 2. The summed E-state index contributed by atoms with van der Waals surface area (Å²) >= 11 is 0. The maximum absolute atomic E-state index is 12.0. The van der Waals surface area contributed by atoms with Gasteiger partial charge in [-0.05, 0) is 47.2 Å². The molecule has 0 aromatic carbocycles. The zero-order valence-electron chi connectivity index (χ0n) is 11.8. The van der Waals surface area contributed by atoms with E-state index in [0.717, 1.165) is 19.4 Å². The molecule has 0 aromatic rings. The Labute approximate surface area is 101 Å². The Morgan fingerprint density at radius 3 is 2.38 bits per heavy atom. The Hall–Kier alpha value is -0.570. The second-order valence-electron chi connectivity index (χ2n) is 5.24. The third-order valence-corrected chi connectivity index (χ3v) is 3.25. The number of carbonyl (C=O) groups is 1. The Kier molecular flexibility index (Phi) is 6.65. The van der Waals surface area contributed by atoms with Crippen molar-refractivity contribution in [3.8, 4) is 0 Å². The molecular formula is C13H28N2O. The summed E-state index contributed by atoms with van der Waals surface area (Å²) in [6.07, 6.45) is 3.26. The van der Waals surface area contributed by atoms with Crippen molar-refractivity contribution in [2.24, 2.45) is 0 Å². The van der Waals surface area contributed by atoms with E-state index in [1.165, 1.54) is 6.42 Å². The molecule has 0 aliphatic carbocycles. The topological polar surface area (TPSA) is 32.3 Å². The first-order valence-corrected chi connectivity index (χ1v) is 6.36. The van der Waals surface area contributed by atoms with Gasteiger partial charge < -0.3 is 5.32 Å². The lowest BCUT2D eigenvalue weighted by atomic mass is 10.0. The summed E-state index contributed by atoms with van der Waals surface area (Å²) in [7, 11) is 2.01. The molecule has 1 N–H and O–H groups in total. The number of nitrogens with one attached hydrogen (secondary N) is 1. The molecule has 0 aliphatic rings. The number of hydrogen-bond donors (Lipinski definition) is 1. The molecule has 1 amide bonds. The molecule has 1 atom stereocenters. The van der Waals surface area contributed by atoms with E-state index >= 15 is 0 Å². The molecule has 3 heteroatoms. The number of nitrogens with zero attached hydrogens (tertiary/aromatic N) is 1. The first-order valence-electron chi connectivity index (χ1n) is 6.36. The van der Waals surface area contributed by atoms with E-state index in [9.17, 15) is 4.79 Å². The highest BCUT2D eigenvalue weighted by molar-refractivity contribution is 5.81. The molecule has 1 unspecified atom stereocenters. The van der Waals surface area contributed by atoms with Crippen LogP contribution >= 0.6 is 0 Å². The number of amides is 1. The number of likely N-dealkylation sites (N-methyl/N-ethyl adjacent to an activating group) is 1. The van der Waals surface area contributed by atoms with E-state index in [4.69, 9.17) is 0 Å². The quantitative estimate of drug-likeness (QED) is 0.726. The fourth-order valence-electron chi connectivity index (χ4n) is 1.33. The van der Waals surface area contributed by atoms with Gasteiger partial charge in [0.25, 0.3) is 0 Å². The fourth-order valence-corrected chi connectivity index (χ4v) is 1.33. The molecular weight excluding hydrogens is 200 g/mol. The molecule has 0 heterocycles. The Bertz CT molecular complexity index is 214. The molecule has 0 saturated heterocycles. The van der Waals surface area contributed by atoms with Crippen molar-refractivity contribution < 1.29 is 4.79 Å². The third kappa shape index (κ3) is 5.50. The van der Waals surface area contributed by atoms with Crippen LogP contribution in [0.4, 0.5) is 0 Å². The largest absolute Gasteiger partial charge is 0.350 e. The van der Waals surface area contributed by atoms with E-state index in [2.05, 4.69) is 37.9 Å². The lowest BCUT2D eigenvalue weighted by Gasteiger charge is -2.30. The summed E-state index contributed by atoms with van der Waals surface area (Å²) in [6, 6.07) is -0.0441. The lowest BCUT2D eigenvalue weighted by Crippen LogP contribution is -2.51. The van der Waals surface area contributed by atoms with Gasteiger partial charge in [-0.3, -0.25) is 9.69 Å². The number of unbranched alkanes of at least 4 members (excludes halogenated alkanes) is 1. The van der Waals surface area contributed by atoms with Crippen LogP contribution < -0.4 is 5.32 Å². The zero-order valence-corrected chi connectivity index (χ0v) is 11.8. The summed E-state index contributed by atoms with van der Waals surface area (Å²) in [6.45, 7) is 11.3. The molecule has 0 fully saturated rings. The maximum Gasteiger partial charge on any atom is 0.237 e. The van der Waals surface area contributed by atoms with Crippen LogP contribution in [0, 0.1) is 0 Å². The molecule has 0 bridgehead atoms. The van der Waals surface area contributed by atoms with Crippen molar-refractivity contribution in [1.29, 1.82) is 0 Å². The molecule has 0 spiro atoms. The van der Waals surface area contributed by atoms with E-state index in [1.807, 2.05) is 14.0 Å². The minimum Gasteiger partial charge on any atom is -0.350 e. The standard InChI is InChI=1S/C13H28N2O/c1-7-9-10-15(6)11(3)12(16)14-13(4,5)8-2/h11H,7-10H2,1-6H3,(H,14,16). The highest BCUT2D eigenvalue weighted by Crippen LogP contribution is 2.08. The summed E-state index contributed by atoms with van der Waals surface area (Å²) in [5.74, 6) is 0.130. The lowest BCUT2D eigenvalue weighted by molar-refractivity contribution is -0.127. The van der Waals surface area contributed by atoms with E-state index in [-0.39, 0.29) is 17.5 Å². The van der Waals surface area contributed by atoms with Crippen molar-refractivity contribution in [3.63, 3.8) is 0 Å². The molecule has 0 rings (SSSR count). The molecule has 0 aliphatic heterocycles. The van der Waals surface area contributed by atoms with Gasteiger partial charge in [0.15, 0.2) is 0 Å². The van der Waals surface area contributed by atoms with Crippen molar-refractivity contribution >= 4 is 5.91 Å². The summed E-state index contributed by atoms with van der Waals surface area (Å²) in [5, 5.41) is 3.08. The van der Waals surface area contributed by atoms with Crippen LogP contribution in [0.3, 0.4) is 0 Å². The van der Waals surface area contributed by atoms with Gasteiger partial charge >= 0.3 is 0 Å². The van der Waals surface area contributed by atoms with Crippen molar-refractivity contribution in [3.05, 3.63) is 0 Å². The third-order valence-electron chi connectivity index (χ3n) is 3.25. The van der Waals surface area contributed by atoms with Gasteiger partial charge in [-0.25, -0.2) is 0 Å². The molecule has 96 valence electrons. The smallest absolute Gasteiger partial charge is 0.237 e. The van der Waals surface area contributed by atoms with Gasteiger partial charge in [-0.2, -0.15) is 0 Å². The molecule has 16 heavy (non-hydrogen) atoms. The van der Waals surface area contributed by atoms with Crippen molar-refractivity contribution in [2.75, 3.05) is 13.6 Å². The molecule has 0 aromatic heterocycles. The maximum atomic E-state index is 12.0. The second-order valence-corrected chi connectivity index (χ2v) is 5.24. The Morgan fingerprint density at radius 2 is 1.94 bits per heavy atom. The van der Waals surface area contributed by atoms with E-state index in [0.29, 0.717) is 0 Å². The van der Waals surface area contributed by atoms with Crippen LogP contribution in [0.1, 0.15) is 53.9 Å². The van der Waals surface area contributed by atoms with Crippen molar-refractivity contribution in [1.82, 2.24) is 10.2 Å². The minimum atomic E-state index is -0.100. The van der Waals surface area contributed by atoms with Gasteiger partial charge in [0.2, 0.25) is 5.91 Å². The van der Waals surface area contributed by atoms with Crippen LogP contribution in [0.5, 0.6) is 0 Å². The van der Waals surface area contributed by atoms with E-state index in [1.54, 1.807) is 0 Å². The zero-order chi connectivity index (χ0) is 12.8. The average Bonchev–Trinajstić information content (AvgIpc) is 2.24. The fraction of sp³-hybridized carbons (Fsp3) is 0.923. The molecule has 0 radical (unpaired) electrons. The predicted molar refractivity (Wildman–Crippen MR) is 69.5 cm³/mol. The first kappa shape index (κ1) is 15.4. The van der Waals surface area contributed by atoms with Gasteiger partial charge in [-0.15, -0.1) is 0 Å². The van der Waals surface area contributed by atoms with E-state index < -0.39 is 0 Å². The van der Waals surface area contributed by atoms with Crippen LogP contribution in [0.2, 0.25) is 0 Å². The van der Waals surface area contributed by atoms with Gasteiger partial charge in [-0.1, -0.05) is 20.3 Å². The van der Waals surface area contributed by atoms with Gasteiger partial charge in [0, 0.05) is 5.54 Å². The summed E-state index contributed by atoms with van der Waals surface area (Å²) < 4.78 is 0. The SMILES string of the molecule is CCCCN(C)C(C)C(=O)NC(C)(C)CC. The van der Waals surface area contributed by atoms with Gasteiger partial charge in [0.05, 0.1) is 6.04 Å². The molecule has 0 saturated carbocycles. The number of carbonyl (C=O) groups excluding carboxylic acids is 1. The highest BCUT2D eigenvalue weighted by atomic mass is 16.2. The Morgan fingerprint density at radius 1 is 1.38 bits per heavy atom. The highest BCUT2D eigenvalue weighted by Gasteiger charge is 2.23. The van der Waals surface area contributed by atoms with Gasteiger partial charge in [0.1, 0.15) is 0 Å². The van der Waals surface area contributed by atoms with Crippen LogP contribution in [-0.2, 0) is 4.79 Å². The summed E-state index contributed by atoms with van der Waals surface area (Å²) in [4.78, 5) is 14.1. The van der Waals surface area contributed by atoms with Crippen LogP contribution in [0.15, 0.2) is 0 Å². The summed E-state index contributed by atoms with van der Waals surface area (Å²) in [5.41, 5.74) is -0.100. The predicted octanol–water partition coefficient (Wildman–Crippen LogP) is 2.41. The van der Waals surface area contributed by atoms with Crippen molar-refractivity contribution in [2.45, 2.75) is 65.5 Å². The Balaban J connectivity index is 4.17. The number of rotatable bonds is 7. The average molecular weight is 228 g/mol. The minimum absolute atomic E-state index is 0.0441. The normalized spacial score (nSPS) is 13.9. The van der Waals surface area contributed by atoms with Crippen LogP contribution in [0.25, 0.3) is 0 Å². The monoisotopic (exact) mass is 228 g/mol. The second kappa shape index (κ2) is 6.89. The molecule has 3 nitrogen and oxygen atoms in total.